The van der Waals surface area contributed by atoms with Gasteiger partial charge in [-0.2, -0.15) is 4.99 Å². The van der Waals surface area contributed by atoms with Crippen molar-refractivity contribution in [2.75, 3.05) is 20.3 Å². The molecule has 0 bridgehead atoms. The van der Waals surface area contributed by atoms with Gasteiger partial charge >= 0.3 is 18.2 Å². The molecule has 0 aliphatic carbocycles. The Bertz CT molecular complexity index is 1150. The molecular formula is C26H36FN5O8. The van der Waals surface area contributed by atoms with Crippen molar-refractivity contribution in [3.05, 3.63) is 35.1 Å². The number of unbranched alkanes of at least 4 members (excludes halogenated alkanes) is 1. The number of esters is 1. The van der Waals surface area contributed by atoms with Crippen LogP contribution < -0.4 is 16.4 Å². The van der Waals surface area contributed by atoms with Gasteiger partial charge in [0.15, 0.2) is 0 Å². The van der Waals surface area contributed by atoms with Crippen molar-refractivity contribution in [2.45, 2.75) is 71.1 Å². The third kappa shape index (κ3) is 10.5. The first-order valence-electron chi connectivity index (χ1n) is 12.7. The number of nitrogens with zero attached hydrogens (tertiary/aromatic N) is 2. The number of aliphatic imine (C=N–C) groups is 1. The van der Waals surface area contributed by atoms with E-state index >= 15 is 0 Å². The number of rotatable bonds is 11. The number of amides is 3. The first-order chi connectivity index (χ1) is 18.8. The van der Waals surface area contributed by atoms with Crippen LogP contribution in [0.25, 0.3) is 0 Å². The zero-order valence-corrected chi connectivity index (χ0v) is 23.2. The maximum Gasteiger partial charge on any atom is 0.436 e. The molecule has 1 aliphatic rings. The molecule has 2 rings (SSSR count). The largest absolute Gasteiger partial charge is 0.467 e. The molecule has 1 aliphatic heterocycles. The van der Waals surface area contributed by atoms with E-state index in [-0.39, 0.29) is 48.7 Å². The number of hydrogen-bond acceptors (Lipinski definition) is 9. The van der Waals surface area contributed by atoms with E-state index in [1.54, 1.807) is 20.8 Å². The molecule has 4 N–H and O–H groups in total. The highest BCUT2D eigenvalue weighted by Gasteiger charge is 2.28. The predicted molar refractivity (Wildman–Crippen MR) is 142 cm³/mol. The van der Waals surface area contributed by atoms with Crippen molar-refractivity contribution in [1.29, 1.82) is 0 Å². The van der Waals surface area contributed by atoms with Crippen LogP contribution in [0.1, 0.15) is 64.5 Å². The second-order valence-corrected chi connectivity index (χ2v) is 9.86. The molecule has 1 aromatic carbocycles. The van der Waals surface area contributed by atoms with Crippen LogP contribution in [0.15, 0.2) is 28.3 Å². The summed E-state index contributed by atoms with van der Waals surface area (Å²) in [5, 5.41) is 8.78. The molecule has 3 amide bonds. The van der Waals surface area contributed by atoms with Gasteiger partial charge < -0.3 is 35.4 Å². The maximum absolute atomic E-state index is 14.9. The number of methoxy groups -OCH3 is 1. The SMILES string of the molecule is CCCCOC(=O)N[C@@H](CNC(=O)CC1CC(c2ccc(/C(N)=N\C(=O)OC(C)(C)C)cc2F)=NO1)C(=O)OC. The lowest BCUT2D eigenvalue weighted by Crippen LogP contribution is -2.49. The summed E-state index contributed by atoms with van der Waals surface area (Å²) < 4.78 is 29.6. The second-order valence-electron chi connectivity index (χ2n) is 9.86. The topological polar surface area (TPSA) is 180 Å². The van der Waals surface area contributed by atoms with E-state index in [4.69, 9.17) is 20.0 Å². The summed E-state index contributed by atoms with van der Waals surface area (Å²) in [6.45, 7) is 6.92. The highest BCUT2D eigenvalue weighted by molar-refractivity contribution is 6.05. The van der Waals surface area contributed by atoms with E-state index in [1.165, 1.54) is 12.1 Å². The van der Waals surface area contributed by atoms with E-state index in [0.29, 0.717) is 6.42 Å². The predicted octanol–water partition coefficient (Wildman–Crippen LogP) is 2.53. The molecule has 0 spiro atoms. The number of alkyl carbamates (subject to hydrolysis) is 1. The quantitative estimate of drug-likeness (QED) is 0.119. The highest BCUT2D eigenvalue weighted by atomic mass is 19.1. The first-order valence-corrected chi connectivity index (χ1v) is 12.7. The summed E-state index contributed by atoms with van der Waals surface area (Å²) in [5.41, 5.74) is 5.64. The molecule has 0 aromatic heterocycles. The molecule has 1 unspecified atom stereocenters. The minimum Gasteiger partial charge on any atom is -0.467 e. The number of halogens is 1. The summed E-state index contributed by atoms with van der Waals surface area (Å²) in [6, 6.07) is 2.84. The maximum atomic E-state index is 14.9. The third-order valence-electron chi connectivity index (χ3n) is 5.34. The molecule has 13 nitrogen and oxygen atoms in total. The molecule has 0 saturated carbocycles. The van der Waals surface area contributed by atoms with Gasteiger partial charge in [-0.1, -0.05) is 24.6 Å². The number of nitrogens with two attached hydrogens (primary N) is 1. The number of nitrogens with one attached hydrogen (secondary N) is 2. The van der Waals surface area contributed by atoms with Crippen LogP contribution in [0.3, 0.4) is 0 Å². The van der Waals surface area contributed by atoms with Crippen LogP contribution in [0.5, 0.6) is 0 Å². The minimum atomic E-state index is -1.15. The monoisotopic (exact) mass is 565 g/mol. The third-order valence-corrected chi connectivity index (χ3v) is 5.34. The lowest BCUT2D eigenvalue weighted by Gasteiger charge is -2.17. The molecule has 14 heteroatoms. The molecule has 0 fully saturated rings. The fraction of sp³-hybridized carbons (Fsp3) is 0.538. The number of ether oxygens (including phenoxy) is 3. The normalized spacial score (nSPS) is 15.8. The number of carbonyl (C=O) groups is 4. The fourth-order valence-corrected chi connectivity index (χ4v) is 3.38. The van der Waals surface area contributed by atoms with E-state index in [0.717, 1.165) is 19.6 Å². The number of carbonyl (C=O) groups excluding carboxylic acids is 4. The zero-order chi connectivity index (χ0) is 29.9. The van der Waals surface area contributed by atoms with Crippen molar-refractivity contribution < 1.29 is 42.6 Å². The number of oxime groups is 1. The number of hydrogen-bond donors (Lipinski definition) is 3. The van der Waals surface area contributed by atoms with Crippen molar-refractivity contribution in [3.63, 3.8) is 0 Å². The Morgan fingerprint density at radius 1 is 1.27 bits per heavy atom. The Morgan fingerprint density at radius 3 is 2.62 bits per heavy atom. The lowest BCUT2D eigenvalue weighted by molar-refractivity contribution is -0.143. The fourth-order valence-electron chi connectivity index (χ4n) is 3.38. The van der Waals surface area contributed by atoms with E-state index in [1.807, 2.05) is 6.92 Å². The lowest BCUT2D eigenvalue weighted by atomic mass is 10.0. The molecule has 220 valence electrons. The molecule has 0 radical (unpaired) electrons. The van der Waals surface area contributed by atoms with E-state index in [9.17, 15) is 23.6 Å². The second kappa shape index (κ2) is 14.8. The molecule has 40 heavy (non-hydrogen) atoms. The molecule has 1 aromatic rings. The van der Waals surface area contributed by atoms with Crippen LogP contribution >= 0.6 is 0 Å². The van der Waals surface area contributed by atoms with Gasteiger partial charge in [0, 0.05) is 24.1 Å². The zero-order valence-electron chi connectivity index (χ0n) is 23.2. The van der Waals surface area contributed by atoms with E-state index < -0.39 is 47.6 Å². The van der Waals surface area contributed by atoms with Crippen molar-refractivity contribution >= 4 is 35.6 Å². The van der Waals surface area contributed by atoms with Gasteiger partial charge in [0.1, 0.15) is 29.4 Å². The Hall–Kier alpha value is -4.23. The number of benzene rings is 1. The van der Waals surface area contributed by atoms with Crippen LogP contribution in [-0.4, -0.2) is 73.6 Å². The van der Waals surface area contributed by atoms with Gasteiger partial charge in [-0.05, 0) is 39.3 Å². The standard InChI is InChI=1S/C26H36FN5O8/c1-6-7-10-38-24(35)30-20(23(34)37-5)14-29-21(33)13-16-12-19(32-40-16)17-9-8-15(11-18(17)27)22(28)31-25(36)39-26(2,3)4/h8-9,11,16,20H,6-7,10,12-14H2,1-5H3,(H,29,33)(H,30,35)(H2,28,31,36)/t16?,20-/m0/s1. The summed E-state index contributed by atoms with van der Waals surface area (Å²) in [7, 11) is 1.15. The van der Waals surface area contributed by atoms with Crippen LogP contribution in [0.2, 0.25) is 0 Å². The van der Waals surface area contributed by atoms with Crippen molar-refractivity contribution in [1.82, 2.24) is 10.6 Å². The van der Waals surface area contributed by atoms with Gasteiger partial charge in [0.2, 0.25) is 5.91 Å². The summed E-state index contributed by atoms with van der Waals surface area (Å²) in [4.78, 5) is 57.1. The number of amidine groups is 1. The summed E-state index contributed by atoms with van der Waals surface area (Å²) in [6.07, 6.45) is -0.897. The Kier molecular flexibility index (Phi) is 11.8. The van der Waals surface area contributed by atoms with Gasteiger partial charge in [-0.15, -0.1) is 0 Å². The Balaban J connectivity index is 1.91. The average Bonchev–Trinajstić information content (AvgIpc) is 3.32. The molecule has 1 heterocycles. The van der Waals surface area contributed by atoms with E-state index in [2.05, 4.69) is 25.5 Å². The smallest absolute Gasteiger partial charge is 0.436 e. The molecule has 2 atom stereocenters. The highest BCUT2D eigenvalue weighted by Crippen LogP contribution is 2.22. The molecular weight excluding hydrogens is 529 g/mol. The van der Waals surface area contributed by atoms with Gasteiger partial charge in [0.05, 0.1) is 25.8 Å². The minimum absolute atomic E-state index is 0.133. The van der Waals surface area contributed by atoms with Crippen LogP contribution in [0.4, 0.5) is 14.0 Å². The van der Waals surface area contributed by atoms with Gasteiger partial charge in [-0.3, -0.25) is 4.79 Å². The Labute approximate surface area is 231 Å². The molecule has 0 saturated heterocycles. The van der Waals surface area contributed by atoms with Crippen molar-refractivity contribution in [3.8, 4) is 0 Å². The van der Waals surface area contributed by atoms with Crippen molar-refractivity contribution in [2.24, 2.45) is 15.9 Å². The summed E-state index contributed by atoms with van der Waals surface area (Å²) in [5.74, 6) is -2.14. The Morgan fingerprint density at radius 2 is 2.00 bits per heavy atom. The summed E-state index contributed by atoms with van der Waals surface area (Å²) >= 11 is 0. The first kappa shape index (κ1) is 32.0. The average molecular weight is 566 g/mol. The van der Waals surface area contributed by atoms with Crippen LogP contribution in [0, 0.1) is 5.82 Å². The van der Waals surface area contributed by atoms with Gasteiger partial charge in [0.25, 0.3) is 0 Å². The van der Waals surface area contributed by atoms with Gasteiger partial charge in [-0.25, -0.2) is 18.8 Å². The van der Waals surface area contributed by atoms with Crippen LogP contribution in [-0.2, 0) is 28.6 Å².